The summed E-state index contributed by atoms with van der Waals surface area (Å²) in [5.41, 5.74) is -0.0791. The van der Waals surface area contributed by atoms with E-state index in [1.54, 1.807) is 0 Å². The third-order valence-corrected chi connectivity index (χ3v) is 4.49. The molecule has 1 aromatic heterocycles. The van der Waals surface area contributed by atoms with Crippen LogP contribution in [0.1, 0.15) is 55.6 Å². The summed E-state index contributed by atoms with van der Waals surface area (Å²) < 4.78 is 11.1. The van der Waals surface area contributed by atoms with Crippen LogP contribution in [-0.4, -0.2) is 30.9 Å². The zero-order chi connectivity index (χ0) is 16.0. The molecule has 1 aromatic rings. The van der Waals surface area contributed by atoms with Crippen LogP contribution in [0.15, 0.2) is 6.07 Å². The van der Waals surface area contributed by atoms with E-state index in [1.807, 2.05) is 6.07 Å². The summed E-state index contributed by atoms with van der Waals surface area (Å²) in [7, 11) is 0. The van der Waals surface area contributed by atoms with Gasteiger partial charge in [0, 0.05) is 11.5 Å². The maximum atomic E-state index is 11.3. The average molecular weight is 314 g/mol. The number of thiophene rings is 1. The monoisotopic (exact) mass is 314 g/mol. The van der Waals surface area contributed by atoms with Crippen molar-refractivity contribution in [3.8, 4) is 5.75 Å². The lowest BCUT2D eigenvalue weighted by atomic mass is 9.95. The van der Waals surface area contributed by atoms with Gasteiger partial charge in [-0.2, -0.15) is 0 Å². The van der Waals surface area contributed by atoms with Crippen LogP contribution >= 0.6 is 11.3 Å². The molecule has 0 aliphatic carbocycles. The quantitative estimate of drug-likeness (QED) is 0.731. The summed E-state index contributed by atoms with van der Waals surface area (Å²) in [5, 5.41) is 9.25. The third kappa shape index (κ3) is 6.06. The number of hydrogen-bond acceptors (Lipinski definition) is 4. The second kappa shape index (κ2) is 7.80. The Hall–Kier alpha value is -1.07. The Bertz CT molecular complexity index is 457. The van der Waals surface area contributed by atoms with Gasteiger partial charge in [0.2, 0.25) is 0 Å². The zero-order valence-electron chi connectivity index (χ0n) is 13.6. The second-order valence-electron chi connectivity index (χ2n) is 6.50. The Morgan fingerprint density at radius 3 is 2.48 bits per heavy atom. The van der Waals surface area contributed by atoms with E-state index in [9.17, 15) is 9.90 Å². The lowest BCUT2D eigenvalue weighted by Crippen LogP contribution is -2.10. The van der Waals surface area contributed by atoms with Crippen LogP contribution in [0.4, 0.5) is 0 Å². The van der Waals surface area contributed by atoms with E-state index in [0.29, 0.717) is 31.5 Å². The van der Waals surface area contributed by atoms with Crippen molar-refractivity contribution in [3.05, 3.63) is 15.8 Å². The molecule has 5 heteroatoms. The fraction of sp³-hybridized carbons (Fsp3) is 0.688. The molecule has 1 heterocycles. The largest absolute Gasteiger partial charge is 0.489 e. The molecule has 0 aliphatic heterocycles. The highest BCUT2D eigenvalue weighted by molar-refractivity contribution is 7.14. The Labute approximate surface area is 131 Å². The maximum Gasteiger partial charge on any atom is 0.349 e. The lowest BCUT2D eigenvalue weighted by molar-refractivity contribution is 0.0689. The van der Waals surface area contributed by atoms with Crippen LogP contribution in [0.3, 0.4) is 0 Å². The van der Waals surface area contributed by atoms with Gasteiger partial charge in [0.05, 0.1) is 6.61 Å². The standard InChI is InChI=1S/C16H26O4S/c1-11(2)6-7-19-8-9-20-12-10-13(16(3,4)5)21-14(12)15(17)18/h10-11H,6-9H2,1-5H3,(H,17,18). The van der Waals surface area contributed by atoms with Crippen molar-refractivity contribution in [1.29, 1.82) is 0 Å². The minimum atomic E-state index is -0.939. The van der Waals surface area contributed by atoms with Crippen LogP contribution in [0.25, 0.3) is 0 Å². The molecular formula is C16H26O4S. The van der Waals surface area contributed by atoms with Crippen molar-refractivity contribution >= 4 is 17.3 Å². The number of rotatable bonds is 8. The van der Waals surface area contributed by atoms with Crippen molar-refractivity contribution in [1.82, 2.24) is 0 Å². The topological polar surface area (TPSA) is 55.8 Å². The highest BCUT2D eigenvalue weighted by Crippen LogP contribution is 2.36. The summed E-state index contributed by atoms with van der Waals surface area (Å²) in [6.07, 6.45) is 1.02. The maximum absolute atomic E-state index is 11.3. The van der Waals surface area contributed by atoms with Crippen molar-refractivity contribution in [2.45, 2.75) is 46.5 Å². The molecule has 0 unspecified atom stereocenters. The Balaban J connectivity index is 2.54. The highest BCUT2D eigenvalue weighted by Gasteiger charge is 2.23. The van der Waals surface area contributed by atoms with Gasteiger partial charge in [-0.1, -0.05) is 34.6 Å². The fourth-order valence-electron chi connectivity index (χ4n) is 1.63. The molecule has 0 atom stereocenters. The van der Waals surface area contributed by atoms with Crippen LogP contribution in [0.5, 0.6) is 5.75 Å². The van der Waals surface area contributed by atoms with Gasteiger partial charge in [0.25, 0.3) is 0 Å². The Kier molecular flexibility index (Phi) is 6.68. The molecule has 21 heavy (non-hydrogen) atoms. The smallest absolute Gasteiger partial charge is 0.349 e. The molecule has 0 aliphatic rings. The first kappa shape index (κ1) is 18.0. The van der Waals surface area contributed by atoms with Gasteiger partial charge >= 0.3 is 5.97 Å². The minimum absolute atomic E-state index is 0.0791. The predicted molar refractivity (Wildman–Crippen MR) is 85.7 cm³/mol. The fourth-order valence-corrected chi connectivity index (χ4v) is 2.63. The van der Waals surface area contributed by atoms with Crippen LogP contribution in [0.2, 0.25) is 0 Å². The molecular weight excluding hydrogens is 288 g/mol. The molecule has 0 aromatic carbocycles. The third-order valence-electron chi connectivity index (χ3n) is 2.96. The molecule has 4 nitrogen and oxygen atoms in total. The van der Waals surface area contributed by atoms with Gasteiger partial charge in [0.15, 0.2) is 4.88 Å². The van der Waals surface area contributed by atoms with Gasteiger partial charge in [0.1, 0.15) is 12.4 Å². The number of aromatic carboxylic acids is 1. The Morgan fingerprint density at radius 2 is 1.95 bits per heavy atom. The molecule has 120 valence electrons. The van der Waals surface area contributed by atoms with Crippen LogP contribution < -0.4 is 4.74 Å². The van der Waals surface area contributed by atoms with Crippen molar-refractivity contribution in [2.24, 2.45) is 5.92 Å². The number of carboxylic acids is 1. The van der Waals surface area contributed by atoms with E-state index in [0.717, 1.165) is 11.3 Å². The second-order valence-corrected chi connectivity index (χ2v) is 7.55. The average Bonchev–Trinajstić information content (AvgIpc) is 2.77. The molecule has 0 radical (unpaired) electrons. The van der Waals surface area contributed by atoms with E-state index in [4.69, 9.17) is 9.47 Å². The molecule has 0 fully saturated rings. The summed E-state index contributed by atoms with van der Waals surface area (Å²) in [6, 6.07) is 1.84. The van der Waals surface area contributed by atoms with Gasteiger partial charge in [-0.15, -0.1) is 11.3 Å². The van der Waals surface area contributed by atoms with E-state index in [2.05, 4.69) is 34.6 Å². The number of ether oxygens (including phenoxy) is 2. The zero-order valence-corrected chi connectivity index (χ0v) is 14.4. The van der Waals surface area contributed by atoms with Gasteiger partial charge < -0.3 is 14.6 Å². The molecule has 0 saturated carbocycles. The van der Waals surface area contributed by atoms with Gasteiger partial charge in [-0.25, -0.2) is 4.79 Å². The van der Waals surface area contributed by atoms with Crippen molar-refractivity contribution in [2.75, 3.05) is 19.8 Å². The molecule has 1 rings (SSSR count). The van der Waals surface area contributed by atoms with Gasteiger partial charge in [-0.05, 0) is 23.8 Å². The molecule has 0 saturated heterocycles. The first-order valence-electron chi connectivity index (χ1n) is 7.30. The summed E-state index contributed by atoms with van der Waals surface area (Å²) in [5.74, 6) is 0.131. The Morgan fingerprint density at radius 1 is 1.29 bits per heavy atom. The number of carbonyl (C=O) groups is 1. The van der Waals surface area contributed by atoms with E-state index in [1.165, 1.54) is 11.3 Å². The molecule has 1 N–H and O–H groups in total. The first-order chi connectivity index (χ1) is 9.71. The van der Waals surface area contributed by atoms with Crippen LogP contribution in [-0.2, 0) is 10.2 Å². The van der Waals surface area contributed by atoms with E-state index >= 15 is 0 Å². The summed E-state index contributed by atoms with van der Waals surface area (Å²) >= 11 is 1.28. The molecule has 0 bridgehead atoms. The highest BCUT2D eigenvalue weighted by atomic mass is 32.1. The SMILES string of the molecule is CC(C)CCOCCOc1cc(C(C)(C)C)sc1C(=O)O. The van der Waals surface area contributed by atoms with Gasteiger partial charge in [-0.3, -0.25) is 0 Å². The predicted octanol–water partition coefficient (Wildman–Crippen LogP) is 4.19. The van der Waals surface area contributed by atoms with E-state index < -0.39 is 5.97 Å². The number of carboxylic acid groups (broad SMARTS) is 1. The summed E-state index contributed by atoms with van der Waals surface area (Å²) in [4.78, 5) is 12.5. The lowest BCUT2D eigenvalue weighted by Gasteiger charge is -2.15. The number of hydrogen-bond donors (Lipinski definition) is 1. The first-order valence-corrected chi connectivity index (χ1v) is 8.11. The van der Waals surface area contributed by atoms with Crippen molar-refractivity contribution in [3.63, 3.8) is 0 Å². The minimum Gasteiger partial charge on any atom is -0.489 e. The normalized spacial score (nSPS) is 11.9. The van der Waals surface area contributed by atoms with Crippen molar-refractivity contribution < 1.29 is 19.4 Å². The van der Waals surface area contributed by atoms with Crippen LogP contribution in [0, 0.1) is 5.92 Å². The molecule has 0 amide bonds. The molecule has 0 spiro atoms. The van der Waals surface area contributed by atoms with E-state index in [-0.39, 0.29) is 10.3 Å². The summed E-state index contributed by atoms with van der Waals surface area (Å²) in [6.45, 7) is 12.0.